The van der Waals surface area contributed by atoms with E-state index in [0.29, 0.717) is 0 Å². The van der Waals surface area contributed by atoms with Crippen molar-refractivity contribution < 1.29 is 9.53 Å². The normalized spacial score (nSPS) is 12.1. The second-order valence-corrected chi connectivity index (χ2v) is 7.21. The first-order valence-corrected chi connectivity index (χ1v) is 10.0. The Hall–Kier alpha value is -2.82. The maximum atomic E-state index is 13.0. The second-order valence-electron chi connectivity index (χ2n) is 7.21. The van der Waals surface area contributed by atoms with Gasteiger partial charge in [-0.2, -0.15) is 0 Å². The van der Waals surface area contributed by atoms with Gasteiger partial charge in [-0.1, -0.05) is 26.7 Å². The largest absolute Gasteiger partial charge is 0.497 e. The number of ether oxygens (including phenoxy) is 1. The number of anilines is 1. The molecule has 0 aliphatic rings. The van der Waals surface area contributed by atoms with Crippen molar-refractivity contribution in [2.75, 3.05) is 12.4 Å². The van der Waals surface area contributed by atoms with Gasteiger partial charge in [0.2, 0.25) is 5.91 Å². The number of fused-ring (bicyclic) bond motifs is 1. The predicted molar refractivity (Wildman–Crippen MR) is 114 cm³/mol. The molecule has 28 heavy (non-hydrogen) atoms. The third kappa shape index (κ3) is 4.19. The molecule has 0 saturated carbocycles. The number of benzene rings is 1. The Morgan fingerprint density at radius 1 is 1.21 bits per heavy atom. The molecule has 2 aromatic heterocycles. The third-order valence-electron chi connectivity index (χ3n) is 5.16. The zero-order valence-corrected chi connectivity index (χ0v) is 17.2. The lowest BCUT2D eigenvalue weighted by Crippen LogP contribution is -2.23. The Bertz CT molecular complexity index is 944. The summed E-state index contributed by atoms with van der Waals surface area (Å²) < 4.78 is 7.22. The van der Waals surface area contributed by atoms with Crippen molar-refractivity contribution in [3.05, 3.63) is 48.2 Å². The van der Waals surface area contributed by atoms with Crippen molar-refractivity contribution >= 4 is 17.4 Å². The summed E-state index contributed by atoms with van der Waals surface area (Å²) in [7, 11) is 1.65. The fourth-order valence-corrected chi connectivity index (χ4v) is 3.41. The summed E-state index contributed by atoms with van der Waals surface area (Å²) in [6.07, 6.45) is 5.86. The molecular formula is C23H29N3O2. The van der Waals surface area contributed by atoms with Gasteiger partial charge in [0.05, 0.1) is 7.11 Å². The third-order valence-corrected chi connectivity index (χ3v) is 5.16. The van der Waals surface area contributed by atoms with Gasteiger partial charge in [-0.25, -0.2) is 4.98 Å². The molecule has 0 bridgehead atoms. The maximum Gasteiger partial charge on any atom is 0.228 e. The van der Waals surface area contributed by atoms with E-state index in [9.17, 15) is 4.79 Å². The maximum absolute atomic E-state index is 13.0. The monoisotopic (exact) mass is 379 g/mol. The van der Waals surface area contributed by atoms with Crippen LogP contribution in [0.3, 0.4) is 0 Å². The van der Waals surface area contributed by atoms with Crippen LogP contribution in [0, 0.1) is 12.8 Å². The van der Waals surface area contributed by atoms with Crippen LogP contribution >= 0.6 is 0 Å². The fraction of sp³-hybridized carbons (Fsp3) is 0.391. The first kappa shape index (κ1) is 19.9. The number of pyridine rings is 1. The summed E-state index contributed by atoms with van der Waals surface area (Å²) in [5, 5.41) is 3.17. The van der Waals surface area contributed by atoms with E-state index in [2.05, 4.69) is 19.2 Å². The standard InChI is InChI=1S/C23H29N3O2/c1-5-7-8-17(6-2)23(27)25-22-21(18-9-11-19(28-4)12-10-18)24-20-15-16(3)13-14-26(20)22/h9-15,17H,5-8H2,1-4H3,(H,25,27). The molecule has 0 radical (unpaired) electrons. The lowest BCUT2D eigenvalue weighted by Gasteiger charge is -2.15. The Labute approximate surface area is 166 Å². The minimum atomic E-state index is 0.0136. The van der Waals surface area contributed by atoms with Gasteiger partial charge < -0.3 is 10.1 Å². The molecule has 5 nitrogen and oxygen atoms in total. The number of amides is 1. The second kappa shape index (κ2) is 8.91. The predicted octanol–water partition coefficient (Wildman–Crippen LogP) is 5.47. The van der Waals surface area contributed by atoms with Crippen molar-refractivity contribution in [3.8, 4) is 17.0 Å². The van der Waals surface area contributed by atoms with Crippen LogP contribution in [0.2, 0.25) is 0 Å². The molecule has 0 aliphatic carbocycles. The van der Waals surface area contributed by atoms with E-state index in [4.69, 9.17) is 9.72 Å². The molecule has 1 aromatic carbocycles. The van der Waals surface area contributed by atoms with Crippen molar-refractivity contribution in [2.45, 2.75) is 46.5 Å². The Kier molecular flexibility index (Phi) is 6.34. The van der Waals surface area contributed by atoms with Gasteiger partial charge in [-0.15, -0.1) is 0 Å². The van der Waals surface area contributed by atoms with Gasteiger partial charge in [0.15, 0.2) is 0 Å². The van der Waals surface area contributed by atoms with E-state index in [1.807, 2.05) is 53.9 Å². The van der Waals surface area contributed by atoms with Crippen LogP contribution in [-0.4, -0.2) is 22.4 Å². The van der Waals surface area contributed by atoms with Crippen molar-refractivity contribution in [3.63, 3.8) is 0 Å². The van der Waals surface area contributed by atoms with Crippen LogP contribution in [0.15, 0.2) is 42.6 Å². The molecule has 0 saturated heterocycles. The molecule has 3 rings (SSSR count). The van der Waals surface area contributed by atoms with Gasteiger partial charge in [-0.3, -0.25) is 9.20 Å². The smallest absolute Gasteiger partial charge is 0.228 e. The molecule has 2 heterocycles. The summed E-state index contributed by atoms with van der Waals surface area (Å²) in [6.45, 7) is 6.26. The van der Waals surface area contributed by atoms with Crippen LogP contribution in [-0.2, 0) is 4.79 Å². The Balaban J connectivity index is 2.02. The van der Waals surface area contributed by atoms with Gasteiger partial charge in [-0.05, 0) is 61.7 Å². The van der Waals surface area contributed by atoms with Crippen molar-refractivity contribution in [1.29, 1.82) is 0 Å². The van der Waals surface area contributed by atoms with Crippen LogP contribution in [0.25, 0.3) is 16.9 Å². The molecule has 5 heteroatoms. The summed E-state index contributed by atoms with van der Waals surface area (Å²) in [5.74, 6) is 1.59. The summed E-state index contributed by atoms with van der Waals surface area (Å²) in [6, 6.07) is 11.8. The first-order chi connectivity index (χ1) is 13.6. The zero-order chi connectivity index (χ0) is 20.1. The molecule has 0 fully saturated rings. The van der Waals surface area contributed by atoms with Crippen LogP contribution in [0.1, 0.15) is 45.1 Å². The van der Waals surface area contributed by atoms with Crippen LogP contribution in [0.5, 0.6) is 5.75 Å². The minimum absolute atomic E-state index is 0.0136. The van der Waals surface area contributed by atoms with E-state index in [1.54, 1.807) is 7.11 Å². The van der Waals surface area contributed by atoms with Gasteiger partial charge in [0.25, 0.3) is 0 Å². The van der Waals surface area contributed by atoms with E-state index in [-0.39, 0.29) is 11.8 Å². The fourth-order valence-electron chi connectivity index (χ4n) is 3.41. The average molecular weight is 380 g/mol. The van der Waals surface area contributed by atoms with E-state index in [0.717, 1.165) is 59.7 Å². The van der Waals surface area contributed by atoms with Gasteiger partial charge >= 0.3 is 0 Å². The molecule has 1 unspecified atom stereocenters. The number of carbonyl (C=O) groups is 1. The van der Waals surface area contributed by atoms with Crippen molar-refractivity contribution in [1.82, 2.24) is 9.38 Å². The number of imidazole rings is 1. The molecule has 0 aliphatic heterocycles. The van der Waals surface area contributed by atoms with Crippen LogP contribution < -0.4 is 10.1 Å². The zero-order valence-electron chi connectivity index (χ0n) is 17.2. The first-order valence-electron chi connectivity index (χ1n) is 10.0. The topological polar surface area (TPSA) is 55.6 Å². The highest BCUT2D eigenvalue weighted by Gasteiger charge is 2.21. The molecular weight excluding hydrogens is 350 g/mol. The number of nitrogens with zero attached hydrogens (tertiary/aromatic N) is 2. The number of hydrogen-bond acceptors (Lipinski definition) is 3. The molecule has 1 amide bonds. The molecule has 1 atom stereocenters. The average Bonchev–Trinajstić information content (AvgIpc) is 3.06. The molecule has 148 valence electrons. The number of rotatable bonds is 8. The van der Waals surface area contributed by atoms with Crippen LogP contribution in [0.4, 0.5) is 5.82 Å². The van der Waals surface area contributed by atoms with Crippen molar-refractivity contribution in [2.24, 2.45) is 5.92 Å². The lowest BCUT2D eigenvalue weighted by molar-refractivity contribution is -0.120. The number of carbonyl (C=O) groups excluding carboxylic acids is 1. The molecule has 0 spiro atoms. The highest BCUT2D eigenvalue weighted by Crippen LogP contribution is 2.31. The SMILES string of the molecule is CCCCC(CC)C(=O)Nc1c(-c2ccc(OC)cc2)nc2cc(C)ccn12. The highest BCUT2D eigenvalue weighted by molar-refractivity contribution is 5.96. The number of unbranched alkanes of at least 4 members (excludes halogenated alkanes) is 1. The minimum Gasteiger partial charge on any atom is -0.497 e. The quantitative estimate of drug-likeness (QED) is 0.564. The summed E-state index contributed by atoms with van der Waals surface area (Å²) in [5.41, 5.74) is 3.67. The van der Waals surface area contributed by atoms with E-state index < -0.39 is 0 Å². The Morgan fingerprint density at radius 3 is 2.61 bits per heavy atom. The molecule has 3 aromatic rings. The number of methoxy groups -OCH3 is 1. The molecule has 1 N–H and O–H groups in total. The van der Waals surface area contributed by atoms with E-state index >= 15 is 0 Å². The van der Waals surface area contributed by atoms with Gasteiger partial charge in [0.1, 0.15) is 22.9 Å². The Morgan fingerprint density at radius 2 is 1.96 bits per heavy atom. The van der Waals surface area contributed by atoms with Gasteiger partial charge in [0, 0.05) is 17.7 Å². The van der Waals surface area contributed by atoms with E-state index in [1.165, 1.54) is 0 Å². The highest BCUT2D eigenvalue weighted by atomic mass is 16.5. The number of nitrogens with one attached hydrogen (secondary N) is 1. The number of aryl methyl sites for hydroxylation is 1. The number of hydrogen-bond donors (Lipinski definition) is 1. The summed E-state index contributed by atoms with van der Waals surface area (Å²) in [4.78, 5) is 17.8. The lowest BCUT2D eigenvalue weighted by atomic mass is 9.98. The summed E-state index contributed by atoms with van der Waals surface area (Å²) >= 11 is 0. The number of aromatic nitrogens is 2.